The van der Waals surface area contributed by atoms with Gasteiger partial charge in [0.1, 0.15) is 11.6 Å². The Balaban J connectivity index is 2.18. The van der Waals surface area contributed by atoms with Gasteiger partial charge in [-0.2, -0.15) is 10.4 Å². The van der Waals surface area contributed by atoms with Gasteiger partial charge < -0.3 is 10.6 Å². The zero-order chi connectivity index (χ0) is 15.3. The van der Waals surface area contributed by atoms with E-state index >= 15 is 0 Å². The fourth-order valence-corrected chi connectivity index (χ4v) is 2.92. The maximum atomic E-state index is 9.48. The van der Waals surface area contributed by atoms with Gasteiger partial charge in [-0.25, -0.2) is 0 Å². The molecular formula is C16H25N5. The van der Waals surface area contributed by atoms with Gasteiger partial charge in [-0.05, 0) is 49.8 Å². The van der Waals surface area contributed by atoms with Crippen molar-refractivity contribution < 1.29 is 0 Å². The first-order chi connectivity index (χ1) is 10.1. The molecule has 0 saturated carbocycles. The van der Waals surface area contributed by atoms with Crippen LogP contribution in [0.25, 0.3) is 0 Å². The molecule has 0 unspecified atom stereocenters. The first kappa shape index (κ1) is 15.7. The highest BCUT2D eigenvalue weighted by atomic mass is 15.2. The van der Waals surface area contributed by atoms with E-state index in [0.29, 0.717) is 11.4 Å². The van der Waals surface area contributed by atoms with E-state index in [1.807, 2.05) is 6.92 Å². The van der Waals surface area contributed by atoms with Crippen LogP contribution in [0.3, 0.4) is 0 Å². The smallest absolute Gasteiger partial charge is 0.166 e. The van der Waals surface area contributed by atoms with Crippen LogP contribution < -0.4 is 10.6 Å². The van der Waals surface area contributed by atoms with Crippen molar-refractivity contribution in [1.29, 1.82) is 5.26 Å². The van der Waals surface area contributed by atoms with Crippen LogP contribution in [-0.4, -0.2) is 29.8 Å². The second-order valence-electron chi connectivity index (χ2n) is 6.08. The number of aromatic nitrogens is 2. The average molecular weight is 287 g/mol. The molecule has 2 heterocycles. The number of aryl methyl sites for hydroxylation is 1. The van der Waals surface area contributed by atoms with E-state index in [1.165, 1.54) is 0 Å². The number of piperidine rings is 1. The minimum atomic E-state index is 0.259. The first-order valence-electron chi connectivity index (χ1n) is 7.86. The van der Waals surface area contributed by atoms with E-state index in [2.05, 4.69) is 40.7 Å². The van der Waals surface area contributed by atoms with Crippen LogP contribution in [0.4, 0.5) is 5.82 Å². The monoisotopic (exact) mass is 287 g/mol. The van der Waals surface area contributed by atoms with Gasteiger partial charge in [0.2, 0.25) is 0 Å². The molecular weight excluding hydrogens is 262 g/mol. The summed E-state index contributed by atoms with van der Waals surface area (Å²) in [6.45, 7) is 9.37. The summed E-state index contributed by atoms with van der Waals surface area (Å²) < 4.78 is 0. The van der Waals surface area contributed by atoms with Gasteiger partial charge in [-0.1, -0.05) is 20.8 Å². The Labute approximate surface area is 127 Å². The van der Waals surface area contributed by atoms with Crippen LogP contribution in [0.5, 0.6) is 0 Å². The van der Waals surface area contributed by atoms with Crippen molar-refractivity contribution in [3.05, 3.63) is 16.8 Å². The van der Waals surface area contributed by atoms with Gasteiger partial charge in [0.15, 0.2) is 5.82 Å². The Hall–Kier alpha value is -1.67. The minimum absolute atomic E-state index is 0.259. The summed E-state index contributed by atoms with van der Waals surface area (Å²) in [6, 6.07) is 2.31. The quantitative estimate of drug-likeness (QED) is 0.869. The third-order valence-corrected chi connectivity index (χ3v) is 4.45. The number of nitriles is 1. The molecule has 5 nitrogen and oxygen atoms in total. The normalized spacial score (nSPS) is 17.2. The first-order valence-corrected chi connectivity index (χ1v) is 7.86. The predicted molar refractivity (Wildman–Crippen MR) is 84.2 cm³/mol. The third kappa shape index (κ3) is 3.51. The second kappa shape index (κ2) is 6.86. The molecule has 0 amide bonds. The minimum Gasteiger partial charge on any atom is -0.367 e. The fourth-order valence-electron chi connectivity index (χ4n) is 2.92. The maximum absolute atomic E-state index is 9.48. The number of anilines is 1. The topological polar surface area (TPSA) is 73.6 Å². The lowest BCUT2D eigenvalue weighted by atomic mass is 9.81. The highest BCUT2D eigenvalue weighted by Crippen LogP contribution is 2.29. The number of hydrogen-bond acceptors (Lipinski definition) is 5. The molecule has 1 fully saturated rings. The molecule has 114 valence electrons. The lowest BCUT2D eigenvalue weighted by Gasteiger charge is -2.34. The van der Waals surface area contributed by atoms with Gasteiger partial charge in [0.05, 0.1) is 5.69 Å². The van der Waals surface area contributed by atoms with E-state index in [4.69, 9.17) is 0 Å². The molecule has 2 rings (SSSR count). The number of hydrogen-bond donors (Lipinski definition) is 2. The summed E-state index contributed by atoms with van der Waals surface area (Å²) in [7, 11) is 0. The van der Waals surface area contributed by atoms with Gasteiger partial charge in [-0.3, -0.25) is 0 Å². The Morgan fingerprint density at radius 3 is 2.52 bits per heavy atom. The standard InChI is InChI=1S/C16H25N5/c1-4-12-13(10-17)15(21-20-14(12)5-2)19-11-16(3)6-8-18-9-7-16/h18H,4-9,11H2,1-3H3,(H,19,21). The van der Waals surface area contributed by atoms with Crippen LogP contribution in [0.2, 0.25) is 0 Å². The lowest BCUT2D eigenvalue weighted by Crippen LogP contribution is -2.39. The summed E-state index contributed by atoms with van der Waals surface area (Å²) in [6.07, 6.45) is 3.91. The Bertz CT molecular complexity index is 526. The van der Waals surface area contributed by atoms with Crippen LogP contribution in [0.15, 0.2) is 0 Å². The lowest BCUT2D eigenvalue weighted by molar-refractivity contribution is 0.247. The zero-order valence-electron chi connectivity index (χ0n) is 13.3. The van der Waals surface area contributed by atoms with Crippen molar-refractivity contribution in [2.24, 2.45) is 5.41 Å². The van der Waals surface area contributed by atoms with E-state index in [-0.39, 0.29) is 5.41 Å². The molecule has 2 N–H and O–H groups in total. The van der Waals surface area contributed by atoms with Crippen molar-refractivity contribution in [3.63, 3.8) is 0 Å². The largest absolute Gasteiger partial charge is 0.367 e. The number of rotatable bonds is 5. The van der Waals surface area contributed by atoms with E-state index in [9.17, 15) is 5.26 Å². The number of nitrogens with one attached hydrogen (secondary N) is 2. The molecule has 5 heteroatoms. The maximum Gasteiger partial charge on any atom is 0.166 e. The van der Waals surface area contributed by atoms with Crippen molar-refractivity contribution in [2.45, 2.75) is 46.5 Å². The van der Waals surface area contributed by atoms with Crippen molar-refractivity contribution in [2.75, 3.05) is 25.0 Å². The van der Waals surface area contributed by atoms with E-state index in [1.54, 1.807) is 0 Å². The van der Waals surface area contributed by atoms with Crippen molar-refractivity contribution in [3.8, 4) is 6.07 Å². The molecule has 0 atom stereocenters. The fraction of sp³-hybridized carbons (Fsp3) is 0.688. The van der Waals surface area contributed by atoms with Crippen LogP contribution >= 0.6 is 0 Å². The summed E-state index contributed by atoms with van der Waals surface area (Å²) >= 11 is 0. The number of nitrogens with zero attached hydrogens (tertiary/aromatic N) is 3. The molecule has 1 saturated heterocycles. The molecule has 0 radical (unpaired) electrons. The summed E-state index contributed by atoms with van der Waals surface area (Å²) in [5.74, 6) is 0.645. The third-order valence-electron chi connectivity index (χ3n) is 4.45. The van der Waals surface area contributed by atoms with Gasteiger partial charge in [0.25, 0.3) is 0 Å². The highest BCUT2D eigenvalue weighted by molar-refractivity contribution is 5.56. The molecule has 1 aromatic rings. The van der Waals surface area contributed by atoms with Crippen LogP contribution in [0.1, 0.15) is 50.4 Å². The van der Waals surface area contributed by atoms with Crippen molar-refractivity contribution >= 4 is 5.82 Å². The average Bonchev–Trinajstić information content (AvgIpc) is 2.52. The van der Waals surface area contributed by atoms with Gasteiger partial charge in [0, 0.05) is 6.54 Å². The SMILES string of the molecule is CCc1nnc(NCC2(C)CCNCC2)c(C#N)c1CC. The predicted octanol–water partition coefficient (Wildman–Crippen LogP) is 2.27. The molecule has 0 aromatic carbocycles. The second-order valence-corrected chi connectivity index (χ2v) is 6.08. The Kier molecular flexibility index (Phi) is 5.13. The van der Waals surface area contributed by atoms with Gasteiger partial charge in [-0.15, -0.1) is 5.10 Å². The Morgan fingerprint density at radius 1 is 1.24 bits per heavy atom. The Morgan fingerprint density at radius 2 is 1.95 bits per heavy atom. The molecule has 1 aromatic heterocycles. The van der Waals surface area contributed by atoms with E-state index < -0.39 is 0 Å². The molecule has 0 bridgehead atoms. The molecule has 1 aliphatic heterocycles. The zero-order valence-corrected chi connectivity index (χ0v) is 13.3. The summed E-state index contributed by atoms with van der Waals surface area (Å²) in [4.78, 5) is 0. The van der Waals surface area contributed by atoms with Crippen LogP contribution in [0, 0.1) is 16.7 Å². The van der Waals surface area contributed by atoms with Crippen molar-refractivity contribution in [1.82, 2.24) is 15.5 Å². The highest BCUT2D eigenvalue weighted by Gasteiger charge is 2.27. The molecule has 1 aliphatic rings. The summed E-state index contributed by atoms with van der Waals surface area (Å²) in [5, 5.41) is 24.8. The summed E-state index contributed by atoms with van der Waals surface area (Å²) in [5.41, 5.74) is 2.90. The van der Waals surface area contributed by atoms with Crippen LogP contribution in [-0.2, 0) is 12.8 Å². The molecule has 0 aliphatic carbocycles. The molecule has 21 heavy (non-hydrogen) atoms. The van der Waals surface area contributed by atoms with E-state index in [0.717, 1.165) is 56.6 Å². The van der Waals surface area contributed by atoms with Gasteiger partial charge >= 0.3 is 0 Å². The molecule has 0 spiro atoms.